The van der Waals surface area contributed by atoms with Crippen LogP contribution in [0.2, 0.25) is 0 Å². The summed E-state index contributed by atoms with van der Waals surface area (Å²) in [5.74, 6) is -2.77. The quantitative estimate of drug-likeness (QED) is 0.729. The fraction of sp³-hybridized carbons (Fsp3) is 0.0588. The minimum atomic E-state index is -0.975. The smallest absolute Gasteiger partial charge is 0.255 e. The van der Waals surface area contributed by atoms with Gasteiger partial charge in [0.05, 0.1) is 5.56 Å². The maximum atomic E-state index is 14.1. The van der Waals surface area contributed by atoms with E-state index in [1.54, 1.807) is 0 Å². The van der Waals surface area contributed by atoms with E-state index in [4.69, 9.17) is 5.73 Å². The van der Waals surface area contributed by atoms with Gasteiger partial charge in [0, 0.05) is 23.7 Å². The van der Waals surface area contributed by atoms with E-state index in [0.717, 1.165) is 12.1 Å². The summed E-state index contributed by atoms with van der Waals surface area (Å²) < 4.78 is 28.3. The molecule has 0 unspecified atom stereocenters. The number of carbonyl (C=O) groups is 1. The molecular weight excluding hydrogens is 302 g/mol. The van der Waals surface area contributed by atoms with Crippen molar-refractivity contribution in [1.29, 1.82) is 0 Å². The lowest BCUT2D eigenvalue weighted by molar-refractivity contribution is 0.103. The van der Waals surface area contributed by atoms with Gasteiger partial charge in [-0.15, -0.1) is 0 Å². The van der Waals surface area contributed by atoms with Gasteiger partial charge in [-0.1, -0.05) is 12.1 Å². The van der Waals surface area contributed by atoms with Crippen LogP contribution in [-0.2, 0) is 6.54 Å². The van der Waals surface area contributed by atoms with Crippen molar-refractivity contribution in [3.8, 4) is 0 Å². The summed E-state index contributed by atoms with van der Waals surface area (Å²) in [6.45, 7) is -0.0358. The molecule has 0 atom stereocenters. The molecular formula is C17H12F2N2O2. The zero-order valence-corrected chi connectivity index (χ0v) is 11.9. The van der Waals surface area contributed by atoms with Crippen LogP contribution in [0.3, 0.4) is 0 Å². The summed E-state index contributed by atoms with van der Waals surface area (Å²) >= 11 is 0. The van der Waals surface area contributed by atoms with E-state index in [-0.39, 0.29) is 28.6 Å². The minimum Gasteiger partial charge on any atom is -0.329 e. The molecule has 3 aromatic rings. The number of hydrogen-bond donors (Lipinski definition) is 2. The molecule has 116 valence electrons. The van der Waals surface area contributed by atoms with Crippen molar-refractivity contribution in [1.82, 2.24) is 4.98 Å². The van der Waals surface area contributed by atoms with E-state index in [9.17, 15) is 18.4 Å². The number of ketones is 1. The van der Waals surface area contributed by atoms with Crippen molar-refractivity contribution >= 4 is 16.6 Å². The van der Waals surface area contributed by atoms with E-state index in [0.29, 0.717) is 5.39 Å². The Hall–Kier alpha value is -2.86. The third kappa shape index (κ3) is 2.53. The molecule has 3 N–H and O–H groups in total. The average Bonchev–Trinajstić information content (AvgIpc) is 2.54. The Balaban J connectivity index is 2.23. The van der Waals surface area contributed by atoms with Crippen LogP contribution < -0.4 is 11.3 Å². The van der Waals surface area contributed by atoms with Gasteiger partial charge in [-0.2, -0.15) is 0 Å². The Labute approximate surface area is 129 Å². The first kappa shape index (κ1) is 15.1. The van der Waals surface area contributed by atoms with Crippen molar-refractivity contribution in [3.63, 3.8) is 0 Å². The van der Waals surface area contributed by atoms with Gasteiger partial charge in [0.25, 0.3) is 5.56 Å². The van der Waals surface area contributed by atoms with Crippen LogP contribution in [0.15, 0.2) is 47.4 Å². The van der Waals surface area contributed by atoms with Crippen LogP contribution in [0.1, 0.15) is 21.5 Å². The average molecular weight is 314 g/mol. The highest BCUT2D eigenvalue weighted by molar-refractivity contribution is 6.16. The first-order valence-electron chi connectivity index (χ1n) is 6.86. The lowest BCUT2D eigenvalue weighted by atomic mass is 9.96. The van der Waals surface area contributed by atoms with Gasteiger partial charge >= 0.3 is 0 Å². The van der Waals surface area contributed by atoms with Crippen molar-refractivity contribution in [2.24, 2.45) is 5.73 Å². The summed E-state index contributed by atoms with van der Waals surface area (Å²) in [6.07, 6.45) is 1.38. The monoisotopic (exact) mass is 314 g/mol. The molecule has 2 aromatic carbocycles. The lowest BCUT2D eigenvalue weighted by Crippen LogP contribution is -2.12. The molecule has 23 heavy (non-hydrogen) atoms. The number of nitrogens with two attached hydrogens (primary N) is 1. The van der Waals surface area contributed by atoms with Gasteiger partial charge in [0.15, 0.2) is 5.78 Å². The second-order valence-corrected chi connectivity index (χ2v) is 5.04. The highest BCUT2D eigenvalue weighted by Crippen LogP contribution is 2.23. The molecule has 0 fully saturated rings. The summed E-state index contributed by atoms with van der Waals surface area (Å²) in [7, 11) is 0. The van der Waals surface area contributed by atoms with Crippen LogP contribution >= 0.6 is 0 Å². The van der Waals surface area contributed by atoms with Crippen molar-refractivity contribution in [2.45, 2.75) is 6.54 Å². The molecule has 0 spiro atoms. The molecule has 0 bridgehead atoms. The number of fused-ring (bicyclic) bond motifs is 1. The summed E-state index contributed by atoms with van der Waals surface area (Å²) in [5, 5.41) is 0.612. The normalized spacial score (nSPS) is 10.9. The van der Waals surface area contributed by atoms with Gasteiger partial charge in [0.2, 0.25) is 0 Å². The Morgan fingerprint density at radius 3 is 2.43 bits per heavy atom. The number of aromatic amines is 1. The van der Waals surface area contributed by atoms with Crippen LogP contribution in [0.25, 0.3) is 10.8 Å². The summed E-state index contributed by atoms with van der Waals surface area (Å²) in [6, 6.07) is 8.06. The van der Waals surface area contributed by atoms with Gasteiger partial charge in [-0.05, 0) is 35.2 Å². The third-order valence-electron chi connectivity index (χ3n) is 3.62. The molecule has 0 amide bonds. The van der Waals surface area contributed by atoms with Gasteiger partial charge in [-0.25, -0.2) is 8.78 Å². The van der Waals surface area contributed by atoms with Crippen LogP contribution in [0.4, 0.5) is 8.78 Å². The lowest BCUT2D eigenvalue weighted by Gasteiger charge is -2.09. The van der Waals surface area contributed by atoms with E-state index < -0.39 is 23.0 Å². The predicted octanol–water partition coefficient (Wildman–Crippen LogP) is 2.50. The zero-order valence-electron chi connectivity index (χ0n) is 11.9. The number of pyridine rings is 1. The molecule has 4 nitrogen and oxygen atoms in total. The van der Waals surface area contributed by atoms with Gasteiger partial charge in [-0.3, -0.25) is 9.59 Å². The molecule has 0 saturated heterocycles. The van der Waals surface area contributed by atoms with Crippen molar-refractivity contribution in [3.05, 3.63) is 81.3 Å². The van der Waals surface area contributed by atoms with Crippen molar-refractivity contribution < 1.29 is 13.6 Å². The van der Waals surface area contributed by atoms with Crippen LogP contribution in [0.5, 0.6) is 0 Å². The van der Waals surface area contributed by atoms with E-state index in [2.05, 4.69) is 4.98 Å². The largest absolute Gasteiger partial charge is 0.329 e. The molecule has 0 saturated carbocycles. The second kappa shape index (κ2) is 5.73. The number of H-pyrrole nitrogens is 1. The highest BCUT2D eigenvalue weighted by atomic mass is 19.1. The number of carbonyl (C=O) groups excluding carboxylic acids is 1. The molecule has 0 radical (unpaired) electrons. The van der Waals surface area contributed by atoms with Crippen molar-refractivity contribution in [2.75, 3.05) is 0 Å². The standard InChI is InChI=1S/C17H12F2N2O2/c18-13-6-9(8-20)7-14(19)15(13)16(22)11-2-1-3-12-10(11)4-5-21-17(12)23/h1-7H,8,20H2,(H,21,23). The molecule has 6 heteroatoms. The summed E-state index contributed by atoms with van der Waals surface area (Å²) in [5.41, 5.74) is 4.64. The predicted molar refractivity (Wildman–Crippen MR) is 82.3 cm³/mol. The fourth-order valence-corrected chi connectivity index (χ4v) is 2.51. The Kier molecular flexibility index (Phi) is 3.75. The number of aromatic nitrogens is 1. The highest BCUT2D eigenvalue weighted by Gasteiger charge is 2.22. The Bertz CT molecular complexity index is 957. The topological polar surface area (TPSA) is 76.0 Å². The molecule has 1 aromatic heterocycles. The first-order valence-corrected chi connectivity index (χ1v) is 6.86. The van der Waals surface area contributed by atoms with E-state index >= 15 is 0 Å². The third-order valence-corrected chi connectivity index (χ3v) is 3.62. The Morgan fingerprint density at radius 1 is 1.09 bits per heavy atom. The molecule has 1 heterocycles. The van der Waals surface area contributed by atoms with Gasteiger partial charge < -0.3 is 10.7 Å². The molecule has 3 rings (SSSR count). The summed E-state index contributed by atoms with van der Waals surface area (Å²) in [4.78, 5) is 26.9. The van der Waals surface area contributed by atoms with E-state index in [1.807, 2.05) is 0 Å². The number of rotatable bonds is 3. The van der Waals surface area contributed by atoms with Crippen LogP contribution in [-0.4, -0.2) is 10.8 Å². The zero-order chi connectivity index (χ0) is 16.6. The fourth-order valence-electron chi connectivity index (χ4n) is 2.51. The number of halogens is 2. The molecule has 0 aliphatic carbocycles. The number of hydrogen-bond acceptors (Lipinski definition) is 3. The van der Waals surface area contributed by atoms with E-state index in [1.165, 1.54) is 30.5 Å². The minimum absolute atomic E-state index is 0.0358. The van der Waals surface area contributed by atoms with Gasteiger partial charge in [0.1, 0.15) is 11.6 Å². The number of benzene rings is 2. The van der Waals surface area contributed by atoms with Crippen LogP contribution in [0, 0.1) is 11.6 Å². The molecule has 0 aliphatic heterocycles. The Morgan fingerprint density at radius 2 is 1.78 bits per heavy atom. The maximum Gasteiger partial charge on any atom is 0.255 e. The first-order chi connectivity index (χ1) is 11.0. The molecule has 0 aliphatic rings. The maximum absolute atomic E-state index is 14.1. The second-order valence-electron chi connectivity index (χ2n) is 5.04. The SMILES string of the molecule is NCc1cc(F)c(C(=O)c2cccc3c(=O)[nH]ccc23)c(F)c1. The number of nitrogens with one attached hydrogen (secondary N) is 1.